The second-order valence-electron chi connectivity index (χ2n) is 4.48. The molecule has 0 spiro atoms. The number of halogens is 1. The van der Waals surface area contributed by atoms with Crippen LogP contribution in [0.4, 0.5) is 0 Å². The Morgan fingerprint density at radius 1 is 1.43 bits per heavy atom. The van der Waals surface area contributed by atoms with Gasteiger partial charge in [-0.3, -0.25) is 0 Å². The van der Waals surface area contributed by atoms with Crippen molar-refractivity contribution in [3.05, 3.63) is 35.9 Å². The molecule has 21 heavy (non-hydrogen) atoms. The highest BCUT2D eigenvalue weighted by Crippen LogP contribution is 2.20. The Morgan fingerprint density at radius 2 is 2.19 bits per heavy atom. The Balaban J connectivity index is 2.40. The molecule has 0 aromatic carbocycles. The van der Waals surface area contributed by atoms with E-state index in [-0.39, 0.29) is 5.03 Å². The normalized spacial score (nSPS) is 11.6. The average Bonchev–Trinajstić information content (AvgIpc) is 2.83. The molecule has 2 heterocycles. The van der Waals surface area contributed by atoms with Crippen LogP contribution in [0.3, 0.4) is 0 Å². The van der Waals surface area contributed by atoms with Crippen molar-refractivity contribution >= 4 is 19.7 Å². The third-order valence-corrected chi connectivity index (χ3v) is 4.12. The predicted molar refractivity (Wildman–Crippen MR) is 79.2 cm³/mol. The summed E-state index contributed by atoms with van der Waals surface area (Å²) in [5.41, 5.74) is 0.841. The Kier molecular flexibility index (Phi) is 4.84. The number of ether oxygens (including phenoxy) is 1. The number of imidazole rings is 1. The number of nitrogens with zero attached hydrogens (tertiary/aromatic N) is 3. The Hall–Kier alpha value is -1.60. The van der Waals surface area contributed by atoms with E-state index >= 15 is 0 Å². The lowest BCUT2D eigenvalue weighted by molar-refractivity contribution is 0.391. The van der Waals surface area contributed by atoms with Crippen molar-refractivity contribution in [2.75, 3.05) is 7.11 Å². The summed E-state index contributed by atoms with van der Waals surface area (Å²) < 4.78 is 29.8. The molecule has 0 amide bonds. The number of pyridine rings is 1. The third-order valence-electron chi connectivity index (χ3n) is 2.94. The number of rotatable bonds is 6. The molecule has 0 N–H and O–H groups in total. The topological polar surface area (TPSA) is 74.1 Å². The summed E-state index contributed by atoms with van der Waals surface area (Å²) in [5, 5.41) is -0.129. The van der Waals surface area contributed by atoms with Gasteiger partial charge in [0.25, 0.3) is 9.05 Å². The predicted octanol–water partition coefficient (Wildman–Crippen LogP) is 2.21. The lowest BCUT2D eigenvalue weighted by Gasteiger charge is -2.09. The quantitative estimate of drug-likeness (QED) is 0.760. The second-order valence-corrected chi connectivity index (χ2v) is 7.00. The average molecular weight is 330 g/mol. The van der Waals surface area contributed by atoms with Gasteiger partial charge >= 0.3 is 0 Å². The summed E-state index contributed by atoms with van der Waals surface area (Å²) in [6, 6.07) is 3.67. The first kappa shape index (κ1) is 15.8. The maximum absolute atomic E-state index is 11.4. The summed E-state index contributed by atoms with van der Waals surface area (Å²) in [7, 11) is 3.07. The summed E-state index contributed by atoms with van der Waals surface area (Å²) in [6.45, 7) is 2.42. The van der Waals surface area contributed by atoms with Crippen LogP contribution >= 0.6 is 10.7 Å². The number of hydrogen-bond donors (Lipinski definition) is 0. The van der Waals surface area contributed by atoms with Gasteiger partial charge in [-0.15, -0.1) is 0 Å². The van der Waals surface area contributed by atoms with Gasteiger partial charge in [-0.1, -0.05) is 13.0 Å². The van der Waals surface area contributed by atoms with Crippen molar-refractivity contribution in [3.63, 3.8) is 0 Å². The molecule has 0 unspecified atom stereocenters. The van der Waals surface area contributed by atoms with Crippen molar-refractivity contribution in [2.24, 2.45) is 0 Å². The van der Waals surface area contributed by atoms with Crippen LogP contribution in [0.2, 0.25) is 0 Å². The molecule has 2 rings (SSSR count). The standard InChI is InChI=1S/C13H16ClN3O3S/c1-3-5-11-16-12(21(14,18)19)9-17(11)8-10-6-4-7-15-13(10)20-2/h4,6-7,9H,3,5,8H2,1-2H3. The molecule has 6 nitrogen and oxygen atoms in total. The van der Waals surface area contributed by atoms with E-state index in [2.05, 4.69) is 9.97 Å². The van der Waals surface area contributed by atoms with Gasteiger partial charge in [0, 0.05) is 35.1 Å². The van der Waals surface area contributed by atoms with Gasteiger partial charge in [-0.05, 0) is 12.5 Å². The Bertz CT molecular complexity index is 728. The van der Waals surface area contributed by atoms with Crippen LogP contribution in [0.25, 0.3) is 0 Å². The van der Waals surface area contributed by atoms with Gasteiger partial charge in [0.1, 0.15) is 5.82 Å². The minimum atomic E-state index is -3.84. The molecule has 2 aromatic heterocycles. The van der Waals surface area contributed by atoms with E-state index in [1.807, 2.05) is 13.0 Å². The molecule has 8 heteroatoms. The number of aromatic nitrogens is 3. The van der Waals surface area contributed by atoms with Crippen molar-refractivity contribution in [1.29, 1.82) is 0 Å². The lowest BCUT2D eigenvalue weighted by atomic mass is 10.2. The fourth-order valence-electron chi connectivity index (χ4n) is 2.02. The van der Waals surface area contributed by atoms with Crippen LogP contribution < -0.4 is 4.74 Å². The largest absolute Gasteiger partial charge is 0.481 e. The summed E-state index contributed by atoms with van der Waals surface area (Å²) >= 11 is 0. The van der Waals surface area contributed by atoms with Gasteiger partial charge in [-0.25, -0.2) is 18.4 Å². The lowest BCUT2D eigenvalue weighted by Crippen LogP contribution is -2.06. The number of methoxy groups -OCH3 is 1. The second kappa shape index (κ2) is 6.44. The van der Waals surface area contributed by atoms with Crippen molar-refractivity contribution in [2.45, 2.75) is 31.3 Å². The third kappa shape index (κ3) is 3.74. The SMILES string of the molecule is CCCc1nc(S(=O)(=O)Cl)cn1Cc1cccnc1OC. The molecular weight excluding hydrogens is 314 g/mol. The molecule has 0 fully saturated rings. The highest BCUT2D eigenvalue weighted by atomic mass is 35.7. The van der Waals surface area contributed by atoms with Crippen molar-refractivity contribution in [3.8, 4) is 5.88 Å². The first-order chi connectivity index (χ1) is 9.95. The molecule has 0 saturated heterocycles. The molecular formula is C13H16ClN3O3S. The Morgan fingerprint density at radius 3 is 2.81 bits per heavy atom. The van der Waals surface area contributed by atoms with Crippen LogP contribution in [0.5, 0.6) is 5.88 Å². The minimum Gasteiger partial charge on any atom is -0.481 e. The summed E-state index contributed by atoms with van der Waals surface area (Å²) in [5.74, 6) is 1.17. The molecule has 0 aliphatic heterocycles. The zero-order valence-electron chi connectivity index (χ0n) is 11.8. The molecule has 114 valence electrons. The molecule has 0 bridgehead atoms. The van der Waals surface area contributed by atoms with Gasteiger partial charge in [0.15, 0.2) is 5.03 Å². The highest BCUT2D eigenvalue weighted by molar-refractivity contribution is 8.13. The maximum atomic E-state index is 11.4. The van der Waals surface area contributed by atoms with E-state index in [0.717, 1.165) is 12.0 Å². The zero-order valence-corrected chi connectivity index (χ0v) is 13.4. The first-order valence-corrected chi connectivity index (χ1v) is 8.75. The first-order valence-electron chi connectivity index (χ1n) is 6.44. The summed E-state index contributed by atoms with van der Waals surface area (Å²) in [6.07, 6.45) is 4.59. The fourth-order valence-corrected chi connectivity index (χ4v) is 2.71. The van der Waals surface area contributed by atoms with Crippen LogP contribution in [0.1, 0.15) is 24.7 Å². The van der Waals surface area contributed by atoms with Gasteiger partial charge in [-0.2, -0.15) is 0 Å². The van der Waals surface area contributed by atoms with Crippen LogP contribution in [-0.4, -0.2) is 30.1 Å². The summed E-state index contributed by atoms with van der Waals surface area (Å²) in [4.78, 5) is 8.23. The van der Waals surface area contributed by atoms with Crippen molar-refractivity contribution in [1.82, 2.24) is 14.5 Å². The van der Waals surface area contributed by atoms with Crippen molar-refractivity contribution < 1.29 is 13.2 Å². The molecule has 2 aromatic rings. The Labute approximate surface area is 128 Å². The highest BCUT2D eigenvalue weighted by Gasteiger charge is 2.18. The molecule has 0 aliphatic rings. The smallest absolute Gasteiger partial charge is 0.280 e. The van der Waals surface area contributed by atoms with E-state index in [4.69, 9.17) is 15.4 Å². The molecule has 0 saturated carbocycles. The van der Waals surface area contributed by atoms with E-state index in [0.29, 0.717) is 24.7 Å². The van der Waals surface area contributed by atoms with E-state index in [9.17, 15) is 8.42 Å². The van der Waals surface area contributed by atoms with E-state index < -0.39 is 9.05 Å². The van der Waals surface area contributed by atoms with Gasteiger partial charge in [0.05, 0.1) is 13.7 Å². The van der Waals surface area contributed by atoms with Gasteiger partial charge < -0.3 is 9.30 Å². The van der Waals surface area contributed by atoms with Crippen LogP contribution in [0.15, 0.2) is 29.6 Å². The molecule has 0 aliphatic carbocycles. The fraction of sp³-hybridized carbons (Fsp3) is 0.385. The van der Waals surface area contributed by atoms with Crippen LogP contribution in [0, 0.1) is 0 Å². The number of hydrogen-bond acceptors (Lipinski definition) is 5. The minimum absolute atomic E-state index is 0.129. The number of aryl methyl sites for hydroxylation is 1. The monoisotopic (exact) mass is 329 g/mol. The maximum Gasteiger partial charge on any atom is 0.280 e. The molecule has 0 radical (unpaired) electrons. The van der Waals surface area contributed by atoms with E-state index in [1.54, 1.807) is 23.9 Å². The zero-order chi connectivity index (χ0) is 15.5. The van der Waals surface area contributed by atoms with E-state index in [1.165, 1.54) is 6.20 Å². The van der Waals surface area contributed by atoms with Gasteiger partial charge in [0.2, 0.25) is 5.88 Å². The molecule has 0 atom stereocenters. The van der Waals surface area contributed by atoms with Crippen LogP contribution in [-0.2, 0) is 22.0 Å².